The molecule has 0 radical (unpaired) electrons. The summed E-state index contributed by atoms with van der Waals surface area (Å²) in [7, 11) is 3.98. The van der Waals surface area contributed by atoms with Gasteiger partial charge < -0.3 is 9.64 Å². The van der Waals surface area contributed by atoms with Crippen molar-refractivity contribution >= 4 is 17.7 Å². The summed E-state index contributed by atoms with van der Waals surface area (Å²) in [4.78, 5) is 13.1. The van der Waals surface area contributed by atoms with Crippen molar-refractivity contribution in [1.82, 2.24) is 0 Å². The monoisotopic (exact) mass is 219 g/mol. The van der Waals surface area contributed by atoms with Crippen LogP contribution in [0.15, 0.2) is 30.3 Å². The smallest absolute Gasteiger partial charge is 0.330 e. The molecule has 0 amide bonds. The second-order valence-electron chi connectivity index (χ2n) is 3.57. The lowest BCUT2D eigenvalue weighted by molar-refractivity contribution is -0.137. The van der Waals surface area contributed by atoms with Crippen molar-refractivity contribution in [3.05, 3.63) is 35.9 Å². The second-order valence-corrected chi connectivity index (χ2v) is 3.57. The Bertz CT molecular complexity index is 366. The summed E-state index contributed by atoms with van der Waals surface area (Å²) in [6.07, 6.45) is 3.19. The third-order valence-corrected chi connectivity index (χ3v) is 2.11. The Morgan fingerprint density at radius 1 is 1.31 bits per heavy atom. The third kappa shape index (κ3) is 3.77. The molecule has 0 bridgehead atoms. The standard InChI is InChI=1S/C13H17NO2/c1-4-16-13(15)10-7-11-5-8-12(9-6-11)14(2)3/h5-10H,4H2,1-3H3/b10-7+. The van der Waals surface area contributed by atoms with Crippen molar-refractivity contribution in [2.75, 3.05) is 25.6 Å². The maximum absolute atomic E-state index is 11.1. The van der Waals surface area contributed by atoms with Crippen molar-refractivity contribution in [2.24, 2.45) is 0 Å². The first-order valence-corrected chi connectivity index (χ1v) is 5.25. The number of rotatable bonds is 4. The molecule has 0 atom stereocenters. The number of nitrogens with zero attached hydrogens (tertiary/aromatic N) is 1. The quantitative estimate of drug-likeness (QED) is 0.575. The topological polar surface area (TPSA) is 29.5 Å². The van der Waals surface area contributed by atoms with E-state index in [0.717, 1.165) is 11.3 Å². The molecule has 3 nitrogen and oxygen atoms in total. The Hall–Kier alpha value is -1.77. The minimum atomic E-state index is -0.306. The molecule has 1 rings (SSSR count). The van der Waals surface area contributed by atoms with Crippen LogP contribution in [0.4, 0.5) is 5.69 Å². The van der Waals surface area contributed by atoms with Gasteiger partial charge in [-0.3, -0.25) is 0 Å². The normalized spacial score (nSPS) is 10.4. The number of anilines is 1. The van der Waals surface area contributed by atoms with Gasteiger partial charge in [-0.25, -0.2) is 4.79 Å². The van der Waals surface area contributed by atoms with Crippen molar-refractivity contribution in [3.8, 4) is 0 Å². The fourth-order valence-corrected chi connectivity index (χ4v) is 1.24. The molecule has 0 N–H and O–H groups in total. The van der Waals surface area contributed by atoms with E-state index in [1.165, 1.54) is 6.08 Å². The molecule has 0 fully saturated rings. The average molecular weight is 219 g/mol. The van der Waals surface area contributed by atoms with Gasteiger partial charge in [0.15, 0.2) is 0 Å². The Kier molecular flexibility index (Phi) is 4.58. The zero-order chi connectivity index (χ0) is 12.0. The van der Waals surface area contributed by atoms with E-state index in [1.807, 2.05) is 43.3 Å². The van der Waals surface area contributed by atoms with Gasteiger partial charge in [-0.1, -0.05) is 12.1 Å². The zero-order valence-electron chi connectivity index (χ0n) is 9.93. The number of hydrogen-bond acceptors (Lipinski definition) is 3. The number of carbonyl (C=O) groups excluding carboxylic acids is 1. The molecule has 0 saturated carbocycles. The number of ether oxygens (including phenoxy) is 1. The third-order valence-electron chi connectivity index (χ3n) is 2.11. The van der Waals surface area contributed by atoms with Crippen LogP contribution in [0.1, 0.15) is 12.5 Å². The summed E-state index contributed by atoms with van der Waals surface area (Å²) in [6.45, 7) is 2.19. The van der Waals surface area contributed by atoms with E-state index in [1.54, 1.807) is 13.0 Å². The van der Waals surface area contributed by atoms with E-state index in [0.29, 0.717) is 6.61 Å². The lowest BCUT2D eigenvalue weighted by Crippen LogP contribution is -2.07. The molecule has 86 valence electrons. The van der Waals surface area contributed by atoms with Crippen molar-refractivity contribution in [1.29, 1.82) is 0 Å². The number of esters is 1. The van der Waals surface area contributed by atoms with E-state index in [2.05, 4.69) is 0 Å². The van der Waals surface area contributed by atoms with Crippen LogP contribution in [0.3, 0.4) is 0 Å². The van der Waals surface area contributed by atoms with Crippen molar-refractivity contribution in [3.63, 3.8) is 0 Å². The zero-order valence-corrected chi connectivity index (χ0v) is 9.93. The van der Waals surface area contributed by atoms with Gasteiger partial charge in [-0.05, 0) is 30.7 Å². The minimum Gasteiger partial charge on any atom is -0.463 e. The number of hydrogen-bond donors (Lipinski definition) is 0. The molecule has 0 aliphatic heterocycles. The van der Waals surface area contributed by atoms with Crippen molar-refractivity contribution in [2.45, 2.75) is 6.92 Å². The molecule has 1 aromatic rings. The van der Waals surface area contributed by atoms with Crippen LogP contribution >= 0.6 is 0 Å². The van der Waals surface area contributed by atoms with Crippen LogP contribution < -0.4 is 4.90 Å². The molecule has 16 heavy (non-hydrogen) atoms. The molecule has 0 aliphatic carbocycles. The van der Waals surface area contributed by atoms with Crippen LogP contribution in [0, 0.1) is 0 Å². The lowest BCUT2D eigenvalue weighted by Gasteiger charge is -2.11. The van der Waals surface area contributed by atoms with Gasteiger partial charge in [-0.2, -0.15) is 0 Å². The lowest BCUT2D eigenvalue weighted by atomic mass is 10.2. The molecule has 0 spiro atoms. The van der Waals surface area contributed by atoms with Gasteiger partial charge in [0.2, 0.25) is 0 Å². The highest BCUT2D eigenvalue weighted by Gasteiger charge is 1.95. The first-order valence-electron chi connectivity index (χ1n) is 5.25. The summed E-state index contributed by atoms with van der Waals surface area (Å²) < 4.78 is 4.79. The van der Waals surface area contributed by atoms with Gasteiger partial charge in [-0.15, -0.1) is 0 Å². The number of benzene rings is 1. The highest BCUT2D eigenvalue weighted by Crippen LogP contribution is 2.13. The van der Waals surface area contributed by atoms with E-state index in [-0.39, 0.29) is 5.97 Å². The predicted molar refractivity (Wildman–Crippen MR) is 66.4 cm³/mol. The maximum atomic E-state index is 11.1. The Labute approximate surface area is 96.3 Å². The molecular weight excluding hydrogens is 202 g/mol. The van der Waals surface area contributed by atoms with Gasteiger partial charge in [0.05, 0.1) is 6.61 Å². The van der Waals surface area contributed by atoms with E-state index in [9.17, 15) is 4.79 Å². The maximum Gasteiger partial charge on any atom is 0.330 e. The van der Waals surface area contributed by atoms with E-state index < -0.39 is 0 Å². The SMILES string of the molecule is CCOC(=O)/C=C/c1ccc(N(C)C)cc1. The minimum absolute atomic E-state index is 0.306. The molecule has 0 aromatic heterocycles. The first-order chi connectivity index (χ1) is 7.63. The van der Waals surface area contributed by atoms with E-state index in [4.69, 9.17) is 4.74 Å². The van der Waals surface area contributed by atoms with Crippen LogP contribution in [-0.4, -0.2) is 26.7 Å². The van der Waals surface area contributed by atoms with Crippen LogP contribution in [0.5, 0.6) is 0 Å². The van der Waals surface area contributed by atoms with E-state index >= 15 is 0 Å². The summed E-state index contributed by atoms with van der Waals surface area (Å²) in [5.74, 6) is -0.306. The van der Waals surface area contributed by atoms with Gasteiger partial charge in [0.25, 0.3) is 0 Å². The largest absolute Gasteiger partial charge is 0.463 e. The summed E-state index contributed by atoms with van der Waals surface area (Å²) in [5, 5.41) is 0. The first kappa shape index (κ1) is 12.3. The molecule has 3 heteroatoms. The summed E-state index contributed by atoms with van der Waals surface area (Å²) in [5.41, 5.74) is 2.12. The highest BCUT2D eigenvalue weighted by atomic mass is 16.5. The van der Waals surface area contributed by atoms with Crippen LogP contribution in [0.25, 0.3) is 6.08 Å². The molecular formula is C13H17NO2. The number of carbonyl (C=O) groups is 1. The summed E-state index contributed by atoms with van der Waals surface area (Å²) >= 11 is 0. The molecule has 0 unspecified atom stereocenters. The fourth-order valence-electron chi connectivity index (χ4n) is 1.24. The molecule has 1 aromatic carbocycles. The Morgan fingerprint density at radius 2 is 1.94 bits per heavy atom. The Morgan fingerprint density at radius 3 is 2.44 bits per heavy atom. The fraction of sp³-hybridized carbons (Fsp3) is 0.308. The Balaban J connectivity index is 2.65. The van der Waals surface area contributed by atoms with Crippen LogP contribution in [0.2, 0.25) is 0 Å². The van der Waals surface area contributed by atoms with Gasteiger partial charge in [0, 0.05) is 25.9 Å². The highest BCUT2D eigenvalue weighted by molar-refractivity contribution is 5.87. The predicted octanol–water partition coefficient (Wildman–Crippen LogP) is 2.33. The summed E-state index contributed by atoms with van der Waals surface area (Å²) in [6, 6.07) is 7.94. The molecule has 0 saturated heterocycles. The van der Waals surface area contributed by atoms with Gasteiger partial charge in [0.1, 0.15) is 0 Å². The van der Waals surface area contributed by atoms with Gasteiger partial charge >= 0.3 is 5.97 Å². The van der Waals surface area contributed by atoms with Crippen molar-refractivity contribution < 1.29 is 9.53 Å². The molecule has 0 aliphatic rings. The molecule has 0 heterocycles. The van der Waals surface area contributed by atoms with Crippen LogP contribution in [-0.2, 0) is 9.53 Å². The second kappa shape index (κ2) is 5.95. The average Bonchev–Trinajstić information content (AvgIpc) is 2.27.